The van der Waals surface area contributed by atoms with Crippen LogP contribution in [0.3, 0.4) is 0 Å². The molecular formula is C29H37N5O5S. The Morgan fingerprint density at radius 3 is 2.50 bits per heavy atom. The minimum absolute atomic E-state index is 0.0463. The van der Waals surface area contributed by atoms with Crippen LogP contribution in [0.15, 0.2) is 52.2 Å². The van der Waals surface area contributed by atoms with Gasteiger partial charge in [0.2, 0.25) is 10.0 Å². The van der Waals surface area contributed by atoms with E-state index >= 15 is 0 Å². The summed E-state index contributed by atoms with van der Waals surface area (Å²) in [5.41, 5.74) is 2.00. The smallest absolute Gasteiger partial charge is 0.277 e. The number of ether oxygens (including phenoxy) is 2. The maximum absolute atomic E-state index is 13.2. The van der Waals surface area contributed by atoms with Crippen LogP contribution in [0.25, 0.3) is 16.9 Å². The molecule has 0 aliphatic heterocycles. The number of benzene rings is 2. The van der Waals surface area contributed by atoms with Crippen LogP contribution in [-0.4, -0.2) is 48.3 Å². The van der Waals surface area contributed by atoms with Gasteiger partial charge < -0.3 is 14.5 Å². The van der Waals surface area contributed by atoms with E-state index in [1.165, 1.54) is 12.1 Å². The van der Waals surface area contributed by atoms with Crippen molar-refractivity contribution in [2.24, 2.45) is 0 Å². The molecule has 0 aliphatic rings. The van der Waals surface area contributed by atoms with Crippen LogP contribution in [0.1, 0.15) is 56.6 Å². The average molecular weight is 568 g/mol. The fraction of sp³-hybridized carbons (Fsp3) is 0.414. The van der Waals surface area contributed by atoms with E-state index in [0.29, 0.717) is 47.8 Å². The highest BCUT2D eigenvalue weighted by molar-refractivity contribution is 7.89. The fourth-order valence-corrected chi connectivity index (χ4v) is 5.63. The van der Waals surface area contributed by atoms with Crippen molar-refractivity contribution in [3.63, 3.8) is 0 Å². The first-order chi connectivity index (χ1) is 19.3. The minimum atomic E-state index is -3.85. The lowest BCUT2D eigenvalue weighted by atomic mass is 10.1. The Bertz CT molecular complexity index is 1610. The van der Waals surface area contributed by atoms with Crippen molar-refractivity contribution in [3.8, 4) is 22.9 Å². The molecule has 0 amide bonds. The summed E-state index contributed by atoms with van der Waals surface area (Å²) in [6.45, 7) is 6.36. The van der Waals surface area contributed by atoms with Crippen LogP contribution >= 0.6 is 0 Å². The molecular weight excluding hydrogens is 530 g/mol. The van der Waals surface area contributed by atoms with Crippen molar-refractivity contribution in [2.75, 3.05) is 20.3 Å². The molecule has 0 fully saturated rings. The zero-order valence-corrected chi connectivity index (χ0v) is 24.3. The van der Waals surface area contributed by atoms with E-state index in [1.807, 2.05) is 31.2 Å². The average Bonchev–Trinajstić information content (AvgIpc) is 3.27. The van der Waals surface area contributed by atoms with Crippen molar-refractivity contribution in [2.45, 2.75) is 64.2 Å². The van der Waals surface area contributed by atoms with Gasteiger partial charge in [0.15, 0.2) is 11.3 Å². The molecule has 2 heterocycles. The number of hydrogen-bond donors (Lipinski definition) is 2. The van der Waals surface area contributed by atoms with Crippen LogP contribution in [-0.2, 0) is 22.9 Å². The molecule has 0 unspecified atom stereocenters. The molecule has 0 bridgehead atoms. The molecule has 0 radical (unpaired) electrons. The molecule has 40 heavy (non-hydrogen) atoms. The Kier molecular flexibility index (Phi) is 9.59. The summed E-state index contributed by atoms with van der Waals surface area (Å²) in [5.74, 6) is 2.08. The van der Waals surface area contributed by atoms with Gasteiger partial charge in [0.1, 0.15) is 17.3 Å². The Balaban J connectivity index is 1.64. The number of methoxy groups -OCH3 is 1. The van der Waals surface area contributed by atoms with E-state index in [4.69, 9.17) is 14.6 Å². The lowest BCUT2D eigenvalue weighted by molar-refractivity contribution is 0.341. The third-order valence-corrected chi connectivity index (χ3v) is 8.14. The number of sulfonamides is 1. The predicted molar refractivity (Wildman–Crippen MR) is 155 cm³/mol. The second-order valence-electron chi connectivity index (χ2n) is 9.57. The van der Waals surface area contributed by atoms with E-state index < -0.39 is 10.0 Å². The number of rotatable bonds is 14. The first kappa shape index (κ1) is 29.3. The van der Waals surface area contributed by atoms with Crippen LogP contribution < -0.4 is 19.8 Å². The molecule has 2 aromatic carbocycles. The number of nitrogens with one attached hydrogen (secondary N) is 2. The molecule has 0 saturated carbocycles. The van der Waals surface area contributed by atoms with Crippen molar-refractivity contribution in [3.05, 3.63) is 69.9 Å². The highest BCUT2D eigenvalue weighted by Crippen LogP contribution is 2.30. The highest BCUT2D eigenvalue weighted by Gasteiger charge is 2.21. The molecule has 0 atom stereocenters. The summed E-state index contributed by atoms with van der Waals surface area (Å²) in [6, 6.07) is 12.0. The van der Waals surface area contributed by atoms with E-state index in [-0.39, 0.29) is 22.8 Å². The van der Waals surface area contributed by atoms with Crippen molar-refractivity contribution in [1.29, 1.82) is 0 Å². The van der Waals surface area contributed by atoms with Gasteiger partial charge in [0.25, 0.3) is 5.56 Å². The summed E-state index contributed by atoms with van der Waals surface area (Å²) in [4.78, 5) is 20.6. The number of aromatic amines is 1. The first-order valence-electron chi connectivity index (χ1n) is 13.7. The van der Waals surface area contributed by atoms with Crippen molar-refractivity contribution < 1.29 is 17.9 Å². The second-order valence-corrected chi connectivity index (χ2v) is 11.3. The Hall–Kier alpha value is -3.70. The predicted octanol–water partition coefficient (Wildman–Crippen LogP) is 4.44. The molecule has 0 saturated heterocycles. The number of imidazole rings is 1. The number of hydrogen-bond acceptors (Lipinski definition) is 7. The zero-order chi connectivity index (χ0) is 28.7. The molecule has 0 spiro atoms. The van der Waals surface area contributed by atoms with Crippen LogP contribution in [0.4, 0.5) is 0 Å². The Labute approximate surface area is 234 Å². The molecule has 2 aromatic heterocycles. The van der Waals surface area contributed by atoms with E-state index in [2.05, 4.69) is 21.6 Å². The van der Waals surface area contributed by atoms with Gasteiger partial charge in [-0.05, 0) is 62.6 Å². The summed E-state index contributed by atoms with van der Waals surface area (Å²) in [5, 5.41) is 4.70. The van der Waals surface area contributed by atoms with Gasteiger partial charge in [0.05, 0.1) is 29.9 Å². The van der Waals surface area contributed by atoms with Crippen molar-refractivity contribution in [1.82, 2.24) is 24.3 Å². The number of unbranched alkanes of at least 4 members (excludes halogenated alkanes) is 3. The van der Waals surface area contributed by atoms with Crippen LogP contribution in [0.2, 0.25) is 0 Å². The standard InChI is InChI=1S/C29H37N5O5S/c1-5-7-8-9-10-26-31-20(3)27-29(35)32-28(33-34(26)27)24-19-23(15-16-25(24)39-6-2)40(36,37)30-18-17-21-11-13-22(38-4)14-12-21/h11-16,19,30H,5-10,17-18H2,1-4H3,(H,32,33,35). The van der Waals surface area contributed by atoms with Crippen molar-refractivity contribution >= 4 is 15.5 Å². The fourth-order valence-electron chi connectivity index (χ4n) is 4.58. The Morgan fingerprint density at radius 1 is 1.02 bits per heavy atom. The number of H-pyrrole nitrogens is 1. The lowest BCUT2D eigenvalue weighted by Gasteiger charge is -2.13. The highest BCUT2D eigenvalue weighted by atomic mass is 32.2. The number of aromatic nitrogens is 4. The molecule has 4 rings (SSSR count). The number of nitrogens with zero attached hydrogens (tertiary/aromatic N) is 3. The zero-order valence-electron chi connectivity index (χ0n) is 23.5. The molecule has 11 heteroatoms. The van der Waals surface area contributed by atoms with Crippen LogP contribution in [0, 0.1) is 6.92 Å². The second kappa shape index (κ2) is 13.1. The van der Waals surface area contributed by atoms with Gasteiger partial charge in [-0.15, -0.1) is 5.10 Å². The summed E-state index contributed by atoms with van der Waals surface area (Å²) >= 11 is 0. The number of aryl methyl sites for hydroxylation is 2. The summed E-state index contributed by atoms with van der Waals surface area (Å²) in [6.07, 6.45) is 5.47. The van der Waals surface area contributed by atoms with Gasteiger partial charge in [-0.25, -0.2) is 22.6 Å². The first-order valence-corrected chi connectivity index (χ1v) is 15.1. The number of fused-ring (bicyclic) bond motifs is 1. The normalized spacial score (nSPS) is 11.7. The molecule has 2 N–H and O–H groups in total. The topological polar surface area (TPSA) is 128 Å². The largest absolute Gasteiger partial charge is 0.497 e. The van der Waals surface area contributed by atoms with Gasteiger partial charge in [-0.3, -0.25) is 4.79 Å². The molecule has 4 aromatic rings. The summed E-state index contributed by atoms with van der Waals surface area (Å²) in [7, 11) is -2.25. The van der Waals surface area contributed by atoms with E-state index in [9.17, 15) is 13.2 Å². The van der Waals surface area contributed by atoms with Gasteiger partial charge in [0, 0.05) is 13.0 Å². The maximum atomic E-state index is 13.2. The van der Waals surface area contributed by atoms with Gasteiger partial charge in [-0.2, -0.15) is 0 Å². The quantitative estimate of drug-likeness (QED) is 0.216. The molecule has 10 nitrogen and oxygen atoms in total. The SMILES string of the molecule is CCCCCCc1nc(C)c2c(=O)[nH]c(-c3cc(S(=O)(=O)NCCc4ccc(OC)cc4)ccc3OCC)nn12. The summed E-state index contributed by atoms with van der Waals surface area (Å²) < 4.78 is 41.6. The van der Waals surface area contributed by atoms with Gasteiger partial charge >= 0.3 is 0 Å². The maximum Gasteiger partial charge on any atom is 0.277 e. The third-order valence-electron chi connectivity index (χ3n) is 6.68. The van der Waals surface area contributed by atoms with E-state index in [1.54, 1.807) is 24.6 Å². The minimum Gasteiger partial charge on any atom is -0.497 e. The van der Waals surface area contributed by atoms with Gasteiger partial charge in [-0.1, -0.05) is 38.3 Å². The molecule has 214 valence electrons. The Morgan fingerprint density at radius 2 is 1.80 bits per heavy atom. The van der Waals surface area contributed by atoms with Crippen LogP contribution in [0.5, 0.6) is 11.5 Å². The monoisotopic (exact) mass is 567 g/mol. The lowest BCUT2D eigenvalue weighted by Crippen LogP contribution is -2.26. The molecule has 0 aliphatic carbocycles. The third kappa shape index (κ3) is 6.71. The van der Waals surface area contributed by atoms with E-state index in [0.717, 1.165) is 37.0 Å².